The Morgan fingerprint density at radius 1 is 1.35 bits per heavy atom. The molecule has 0 aliphatic carbocycles. The molecule has 0 aromatic carbocycles. The second-order valence-electron chi connectivity index (χ2n) is 5.57. The number of carbonyl (C=O) groups is 1. The van der Waals surface area contributed by atoms with Gasteiger partial charge in [-0.05, 0) is 26.0 Å². The predicted octanol–water partition coefficient (Wildman–Crippen LogP) is 0.754. The SMILES string of the molecule is CCNC(=O)c1ccc(N2Cc3nc(C)n(C)c(=O)c3C2)nc1. The second kappa shape index (κ2) is 5.83. The van der Waals surface area contributed by atoms with Crippen LogP contribution in [-0.4, -0.2) is 27.0 Å². The van der Waals surface area contributed by atoms with Crippen LogP contribution in [0.2, 0.25) is 0 Å². The molecule has 3 rings (SSSR count). The largest absolute Gasteiger partial charge is 0.352 e. The van der Waals surface area contributed by atoms with Gasteiger partial charge in [0, 0.05) is 19.8 Å². The van der Waals surface area contributed by atoms with Crippen molar-refractivity contribution in [2.24, 2.45) is 7.05 Å². The van der Waals surface area contributed by atoms with E-state index in [4.69, 9.17) is 0 Å². The van der Waals surface area contributed by atoms with E-state index in [1.54, 1.807) is 29.9 Å². The minimum absolute atomic E-state index is 0.00561. The normalized spacial score (nSPS) is 13.1. The molecule has 0 fully saturated rings. The number of aromatic nitrogens is 3. The first-order valence-electron chi connectivity index (χ1n) is 7.55. The molecule has 0 unspecified atom stereocenters. The summed E-state index contributed by atoms with van der Waals surface area (Å²) in [7, 11) is 1.73. The van der Waals surface area contributed by atoms with Crippen molar-refractivity contribution >= 4 is 11.7 Å². The van der Waals surface area contributed by atoms with Gasteiger partial charge < -0.3 is 10.2 Å². The van der Waals surface area contributed by atoms with E-state index in [1.165, 1.54) is 0 Å². The monoisotopic (exact) mass is 313 g/mol. The Morgan fingerprint density at radius 3 is 2.78 bits per heavy atom. The van der Waals surface area contributed by atoms with Gasteiger partial charge in [-0.15, -0.1) is 0 Å². The summed E-state index contributed by atoms with van der Waals surface area (Å²) >= 11 is 0. The summed E-state index contributed by atoms with van der Waals surface area (Å²) in [5.74, 6) is 1.30. The van der Waals surface area contributed by atoms with E-state index in [0.29, 0.717) is 36.6 Å². The smallest absolute Gasteiger partial charge is 0.258 e. The third kappa shape index (κ3) is 2.69. The Hall–Kier alpha value is -2.70. The number of fused-ring (bicyclic) bond motifs is 1. The molecule has 1 aliphatic heterocycles. The van der Waals surface area contributed by atoms with Crippen molar-refractivity contribution in [1.82, 2.24) is 19.9 Å². The van der Waals surface area contributed by atoms with Crippen molar-refractivity contribution in [2.45, 2.75) is 26.9 Å². The first kappa shape index (κ1) is 15.2. The fraction of sp³-hybridized carbons (Fsp3) is 0.375. The zero-order valence-electron chi connectivity index (χ0n) is 13.5. The lowest BCUT2D eigenvalue weighted by Gasteiger charge is -2.15. The van der Waals surface area contributed by atoms with Crippen molar-refractivity contribution in [1.29, 1.82) is 0 Å². The van der Waals surface area contributed by atoms with E-state index >= 15 is 0 Å². The van der Waals surface area contributed by atoms with Crippen LogP contribution in [0.15, 0.2) is 23.1 Å². The number of hydrogen-bond donors (Lipinski definition) is 1. The summed E-state index contributed by atoms with van der Waals surface area (Å²) in [5, 5.41) is 2.74. The quantitative estimate of drug-likeness (QED) is 0.904. The number of hydrogen-bond acceptors (Lipinski definition) is 5. The molecular weight excluding hydrogens is 294 g/mol. The molecule has 0 saturated carbocycles. The second-order valence-corrected chi connectivity index (χ2v) is 5.57. The maximum Gasteiger partial charge on any atom is 0.258 e. The summed E-state index contributed by atoms with van der Waals surface area (Å²) in [6.45, 7) is 5.32. The van der Waals surface area contributed by atoms with Crippen LogP contribution in [0.5, 0.6) is 0 Å². The van der Waals surface area contributed by atoms with Gasteiger partial charge in [-0.2, -0.15) is 0 Å². The molecule has 0 spiro atoms. The number of nitrogens with zero attached hydrogens (tertiary/aromatic N) is 4. The van der Waals surface area contributed by atoms with Crippen LogP contribution < -0.4 is 15.8 Å². The highest BCUT2D eigenvalue weighted by Gasteiger charge is 2.25. The van der Waals surface area contributed by atoms with E-state index in [9.17, 15) is 9.59 Å². The van der Waals surface area contributed by atoms with Crippen LogP contribution in [0.1, 0.15) is 34.4 Å². The van der Waals surface area contributed by atoms with Gasteiger partial charge in [-0.3, -0.25) is 14.2 Å². The summed E-state index contributed by atoms with van der Waals surface area (Å²) in [5.41, 5.74) is 2.04. The maximum atomic E-state index is 12.3. The minimum atomic E-state index is -0.137. The first-order chi connectivity index (χ1) is 11.0. The van der Waals surface area contributed by atoms with Gasteiger partial charge in [0.2, 0.25) is 0 Å². The molecule has 120 valence electrons. The van der Waals surface area contributed by atoms with Crippen molar-refractivity contribution in [3.8, 4) is 0 Å². The molecule has 1 aliphatic rings. The molecule has 3 heterocycles. The van der Waals surface area contributed by atoms with Crippen LogP contribution in [0.4, 0.5) is 5.82 Å². The fourth-order valence-electron chi connectivity index (χ4n) is 2.66. The van der Waals surface area contributed by atoms with E-state index in [1.807, 2.05) is 18.7 Å². The van der Waals surface area contributed by atoms with Crippen LogP contribution in [0, 0.1) is 6.92 Å². The van der Waals surface area contributed by atoms with Gasteiger partial charge in [-0.1, -0.05) is 0 Å². The number of carbonyl (C=O) groups excluding carboxylic acids is 1. The van der Waals surface area contributed by atoms with Crippen LogP contribution in [0.25, 0.3) is 0 Å². The highest BCUT2D eigenvalue weighted by molar-refractivity contribution is 5.94. The van der Waals surface area contributed by atoms with Gasteiger partial charge in [0.25, 0.3) is 11.5 Å². The Kier molecular flexibility index (Phi) is 3.85. The Labute approximate surface area is 134 Å². The molecular formula is C16H19N5O2. The summed E-state index contributed by atoms with van der Waals surface area (Å²) in [6, 6.07) is 3.54. The van der Waals surface area contributed by atoms with E-state index in [2.05, 4.69) is 15.3 Å². The van der Waals surface area contributed by atoms with Gasteiger partial charge >= 0.3 is 0 Å². The average molecular weight is 313 g/mol. The molecule has 0 bridgehead atoms. The lowest BCUT2D eigenvalue weighted by molar-refractivity contribution is 0.0955. The van der Waals surface area contributed by atoms with Crippen molar-refractivity contribution < 1.29 is 4.79 Å². The molecule has 1 N–H and O–H groups in total. The van der Waals surface area contributed by atoms with Gasteiger partial charge in [0.1, 0.15) is 11.6 Å². The molecule has 2 aromatic heterocycles. The minimum Gasteiger partial charge on any atom is -0.352 e. The number of pyridine rings is 1. The summed E-state index contributed by atoms with van der Waals surface area (Å²) in [4.78, 5) is 34.9. The lowest BCUT2D eigenvalue weighted by Crippen LogP contribution is -2.25. The molecule has 1 amide bonds. The number of rotatable bonds is 3. The maximum absolute atomic E-state index is 12.3. The Balaban J connectivity index is 1.84. The van der Waals surface area contributed by atoms with Gasteiger partial charge in [0.15, 0.2) is 0 Å². The molecule has 0 radical (unpaired) electrons. The van der Waals surface area contributed by atoms with Crippen LogP contribution >= 0.6 is 0 Å². The fourth-order valence-corrected chi connectivity index (χ4v) is 2.66. The lowest BCUT2D eigenvalue weighted by atomic mass is 10.2. The van der Waals surface area contributed by atoms with E-state index in [-0.39, 0.29) is 11.5 Å². The Bertz CT molecular complexity index is 810. The molecule has 2 aromatic rings. The van der Waals surface area contributed by atoms with Crippen molar-refractivity contribution in [3.63, 3.8) is 0 Å². The predicted molar refractivity (Wildman–Crippen MR) is 86.3 cm³/mol. The number of amides is 1. The average Bonchev–Trinajstić information content (AvgIpc) is 2.97. The Morgan fingerprint density at radius 2 is 2.13 bits per heavy atom. The summed E-state index contributed by atoms with van der Waals surface area (Å²) in [6.07, 6.45) is 1.56. The standard InChI is InChI=1S/C16H19N5O2/c1-4-17-15(22)11-5-6-14(18-7-11)21-8-12-13(9-21)19-10(2)20(3)16(12)23/h5-7H,4,8-9H2,1-3H3,(H,17,22). The zero-order valence-corrected chi connectivity index (χ0v) is 13.5. The highest BCUT2D eigenvalue weighted by Crippen LogP contribution is 2.23. The zero-order chi connectivity index (χ0) is 16.6. The number of aryl methyl sites for hydroxylation is 1. The number of nitrogens with one attached hydrogen (secondary N) is 1. The third-order valence-electron chi connectivity index (χ3n) is 4.05. The van der Waals surface area contributed by atoms with E-state index < -0.39 is 0 Å². The topological polar surface area (TPSA) is 80.1 Å². The van der Waals surface area contributed by atoms with Gasteiger partial charge in [-0.25, -0.2) is 9.97 Å². The number of anilines is 1. The van der Waals surface area contributed by atoms with Crippen LogP contribution in [-0.2, 0) is 20.1 Å². The third-order valence-corrected chi connectivity index (χ3v) is 4.05. The van der Waals surface area contributed by atoms with E-state index in [0.717, 1.165) is 11.5 Å². The molecule has 7 nitrogen and oxygen atoms in total. The molecule has 0 atom stereocenters. The van der Waals surface area contributed by atoms with Crippen LogP contribution in [0.3, 0.4) is 0 Å². The summed E-state index contributed by atoms with van der Waals surface area (Å²) < 4.78 is 1.56. The highest BCUT2D eigenvalue weighted by atomic mass is 16.1. The van der Waals surface area contributed by atoms with Crippen molar-refractivity contribution in [3.05, 3.63) is 51.3 Å². The molecule has 0 saturated heterocycles. The van der Waals surface area contributed by atoms with Crippen molar-refractivity contribution in [2.75, 3.05) is 11.4 Å². The molecule has 7 heteroatoms. The first-order valence-corrected chi connectivity index (χ1v) is 7.55. The van der Waals surface area contributed by atoms with Gasteiger partial charge in [0.05, 0.1) is 29.9 Å². The molecule has 23 heavy (non-hydrogen) atoms.